The second kappa shape index (κ2) is 7.64. The highest BCUT2D eigenvalue weighted by molar-refractivity contribution is 6.03. The SMILES string of the molecule is CC(C)(CO)c1c(-c2ccc(C(=O)O)cc2)c2c(O)cc(F)cc2n1C(F)C(F)F. The van der Waals surface area contributed by atoms with E-state index in [1.807, 2.05) is 0 Å². The van der Waals surface area contributed by atoms with Crippen LogP contribution >= 0.6 is 0 Å². The predicted molar refractivity (Wildman–Crippen MR) is 102 cm³/mol. The highest BCUT2D eigenvalue weighted by Gasteiger charge is 2.37. The summed E-state index contributed by atoms with van der Waals surface area (Å²) in [5.41, 5.74) is -1.34. The lowest BCUT2D eigenvalue weighted by atomic mass is 9.84. The maximum absolute atomic E-state index is 14.7. The quantitative estimate of drug-likeness (QED) is 0.493. The summed E-state index contributed by atoms with van der Waals surface area (Å²) in [5, 5.41) is 29.3. The topological polar surface area (TPSA) is 82.7 Å². The number of phenols is 1. The van der Waals surface area contributed by atoms with E-state index in [0.29, 0.717) is 4.57 Å². The van der Waals surface area contributed by atoms with E-state index >= 15 is 0 Å². The summed E-state index contributed by atoms with van der Waals surface area (Å²) in [5.74, 6) is -2.75. The Balaban J connectivity index is 2.51. The summed E-state index contributed by atoms with van der Waals surface area (Å²) in [7, 11) is 0. The molecular weight excluding hydrogens is 406 g/mol. The molecule has 0 bridgehead atoms. The molecule has 5 nitrogen and oxygen atoms in total. The van der Waals surface area contributed by atoms with E-state index in [0.717, 1.165) is 12.1 Å². The first-order valence-corrected chi connectivity index (χ1v) is 8.93. The molecule has 30 heavy (non-hydrogen) atoms. The smallest absolute Gasteiger partial charge is 0.335 e. The molecule has 0 aliphatic heterocycles. The first kappa shape index (κ1) is 21.6. The number of phenolic OH excluding ortho intramolecular Hbond substituents is 1. The van der Waals surface area contributed by atoms with Crippen LogP contribution in [0.4, 0.5) is 17.6 Å². The molecule has 160 valence electrons. The van der Waals surface area contributed by atoms with Crippen LogP contribution in [0.2, 0.25) is 0 Å². The molecule has 0 fully saturated rings. The number of benzene rings is 2. The van der Waals surface area contributed by atoms with Crippen LogP contribution in [0.25, 0.3) is 22.0 Å². The van der Waals surface area contributed by atoms with Gasteiger partial charge in [0.25, 0.3) is 6.43 Å². The number of carboxylic acids is 1. The van der Waals surface area contributed by atoms with Gasteiger partial charge in [-0.15, -0.1) is 0 Å². The van der Waals surface area contributed by atoms with E-state index in [1.165, 1.54) is 38.1 Å². The van der Waals surface area contributed by atoms with Gasteiger partial charge < -0.3 is 19.9 Å². The van der Waals surface area contributed by atoms with Gasteiger partial charge in [-0.05, 0) is 23.8 Å². The molecule has 0 spiro atoms. The zero-order valence-corrected chi connectivity index (χ0v) is 16.0. The molecule has 0 saturated carbocycles. The van der Waals surface area contributed by atoms with Gasteiger partial charge in [-0.25, -0.2) is 22.4 Å². The van der Waals surface area contributed by atoms with E-state index in [-0.39, 0.29) is 33.3 Å². The molecular formula is C21H19F4NO4. The van der Waals surface area contributed by atoms with Crippen LogP contribution < -0.4 is 0 Å². The Morgan fingerprint density at radius 3 is 2.23 bits per heavy atom. The number of aliphatic hydroxyl groups is 1. The third-order valence-electron chi connectivity index (χ3n) is 4.96. The normalized spacial score (nSPS) is 13.2. The Morgan fingerprint density at radius 1 is 1.13 bits per heavy atom. The predicted octanol–water partition coefficient (Wildman–Crippen LogP) is 4.85. The number of aromatic carboxylic acids is 1. The molecule has 0 saturated heterocycles. The number of hydrogen-bond donors (Lipinski definition) is 3. The Labute approximate surface area is 168 Å². The number of aliphatic hydroxyl groups excluding tert-OH is 1. The van der Waals surface area contributed by atoms with Gasteiger partial charge in [-0.2, -0.15) is 0 Å². The fourth-order valence-electron chi connectivity index (χ4n) is 3.55. The van der Waals surface area contributed by atoms with Crippen molar-refractivity contribution in [1.29, 1.82) is 0 Å². The molecule has 0 aliphatic rings. The molecule has 3 N–H and O–H groups in total. The molecule has 3 rings (SSSR count). The maximum atomic E-state index is 14.7. The van der Waals surface area contributed by atoms with Gasteiger partial charge in [0.1, 0.15) is 11.6 Å². The number of aromatic nitrogens is 1. The van der Waals surface area contributed by atoms with Crippen LogP contribution in [0.5, 0.6) is 5.75 Å². The molecule has 9 heteroatoms. The third kappa shape index (κ3) is 3.49. The summed E-state index contributed by atoms with van der Waals surface area (Å²) in [6, 6.07) is 6.87. The minimum atomic E-state index is -3.46. The van der Waals surface area contributed by atoms with Gasteiger partial charge >= 0.3 is 5.97 Å². The van der Waals surface area contributed by atoms with Gasteiger partial charge in [0, 0.05) is 28.1 Å². The zero-order chi connectivity index (χ0) is 22.4. The van der Waals surface area contributed by atoms with Crippen molar-refractivity contribution < 1.29 is 37.7 Å². The average molecular weight is 425 g/mol. The third-order valence-corrected chi connectivity index (χ3v) is 4.96. The van der Waals surface area contributed by atoms with Crippen LogP contribution in [-0.2, 0) is 5.41 Å². The lowest BCUT2D eigenvalue weighted by molar-refractivity contribution is 0.00696. The number of halogens is 4. The van der Waals surface area contributed by atoms with E-state index in [4.69, 9.17) is 5.11 Å². The second-order valence-electron chi connectivity index (χ2n) is 7.54. The lowest BCUT2D eigenvalue weighted by Crippen LogP contribution is -2.29. The van der Waals surface area contributed by atoms with Crippen molar-refractivity contribution in [2.24, 2.45) is 0 Å². The molecule has 0 radical (unpaired) electrons. The molecule has 1 atom stereocenters. The number of hydrogen-bond acceptors (Lipinski definition) is 3. The van der Waals surface area contributed by atoms with Crippen LogP contribution in [0.1, 0.15) is 36.2 Å². The van der Waals surface area contributed by atoms with Crippen molar-refractivity contribution in [3.63, 3.8) is 0 Å². The molecule has 3 aromatic rings. The molecule has 1 aromatic heterocycles. The van der Waals surface area contributed by atoms with Crippen molar-refractivity contribution in [3.05, 3.63) is 53.5 Å². The van der Waals surface area contributed by atoms with Gasteiger partial charge in [0.2, 0.25) is 6.30 Å². The number of rotatable bonds is 6. The fraction of sp³-hybridized carbons (Fsp3) is 0.286. The van der Waals surface area contributed by atoms with Crippen LogP contribution in [0.15, 0.2) is 36.4 Å². The number of carbonyl (C=O) groups is 1. The standard InChI is InChI=1S/C21H19F4NO4/c1-21(2,9-27)17-15(10-3-5-11(6-4-10)20(29)30)16-13(7-12(22)8-14(16)28)26(17)19(25)18(23)24/h3-8,18-19,27-28H,9H2,1-2H3,(H,29,30). The largest absolute Gasteiger partial charge is 0.507 e. The van der Waals surface area contributed by atoms with Crippen molar-refractivity contribution in [3.8, 4) is 16.9 Å². The summed E-state index contributed by atoms with van der Waals surface area (Å²) in [6.07, 6.45) is -6.33. The highest BCUT2D eigenvalue weighted by atomic mass is 19.3. The van der Waals surface area contributed by atoms with Crippen LogP contribution in [-0.4, -0.2) is 38.9 Å². The minimum Gasteiger partial charge on any atom is -0.507 e. The van der Waals surface area contributed by atoms with Gasteiger partial charge in [0.05, 0.1) is 17.7 Å². The summed E-state index contributed by atoms with van der Waals surface area (Å²) in [4.78, 5) is 11.1. The molecule has 1 heterocycles. The van der Waals surface area contributed by atoms with Gasteiger partial charge in [0.15, 0.2) is 0 Å². The average Bonchev–Trinajstić information content (AvgIpc) is 3.03. The minimum absolute atomic E-state index is 0.0447. The monoisotopic (exact) mass is 425 g/mol. The number of alkyl halides is 3. The molecule has 0 aliphatic carbocycles. The Morgan fingerprint density at radius 2 is 1.73 bits per heavy atom. The van der Waals surface area contributed by atoms with Gasteiger partial charge in [-0.1, -0.05) is 26.0 Å². The number of nitrogens with zero attached hydrogens (tertiary/aromatic N) is 1. The van der Waals surface area contributed by atoms with Crippen molar-refractivity contribution in [2.75, 3.05) is 6.61 Å². The number of fused-ring (bicyclic) bond motifs is 1. The highest BCUT2D eigenvalue weighted by Crippen LogP contribution is 2.47. The Bertz CT molecular complexity index is 1110. The Kier molecular flexibility index (Phi) is 5.51. The lowest BCUT2D eigenvalue weighted by Gasteiger charge is -2.28. The Hall–Kier alpha value is -3.07. The van der Waals surface area contributed by atoms with Crippen molar-refractivity contribution in [2.45, 2.75) is 32.0 Å². The van der Waals surface area contributed by atoms with E-state index < -0.39 is 42.3 Å². The summed E-state index contributed by atoms with van der Waals surface area (Å²) < 4.78 is 56.1. The molecule has 1 unspecified atom stereocenters. The molecule has 2 aromatic carbocycles. The van der Waals surface area contributed by atoms with E-state index in [2.05, 4.69) is 0 Å². The fourth-order valence-corrected chi connectivity index (χ4v) is 3.55. The van der Waals surface area contributed by atoms with E-state index in [9.17, 15) is 32.6 Å². The number of aromatic hydroxyl groups is 1. The van der Waals surface area contributed by atoms with Crippen molar-refractivity contribution >= 4 is 16.9 Å². The second-order valence-corrected chi connectivity index (χ2v) is 7.54. The first-order chi connectivity index (χ1) is 14.0. The van der Waals surface area contributed by atoms with Crippen molar-refractivity contribution in [1.82, 2.24) is 4.57 Å². The zero-order valence-electron chi connectivity index (χ0n) is 16.0. The number of carboxylic acid groups (broad SMARTS) is 1. The molecule has 0 amide bonds. The van der Waals surface area contributed by atoms with Crippen LogP contribution in [0, 0.1) is 5.82 Å². The summed E-state index contributed by atoms with van der Waals surface area (Å²) in [6.45, 7) is 2.40. The van der Waals surface area contributed by atoms with Crippen LogP contribution in [0.3, 0.4) is 0 Å². The van der Waals surface area contributed by atoms with Gasteiger partial charge in [-0.3, -0.25) is 0 Å². The first-order valence-electron chi connectivity index (χ1n) is 8.93. The maximum Gasteiger partial charge on any atom is 0.335 e. The summed E-state index contributed by atoms with van der Waals surface area (Å²) >= 11 is 0. The van der Waals surface area contributed by atoms with E-state index in [1.54, 1.807) is 0 Å².